The third-order valence-electron chi connectivity index (χ3n) is 5.95. The van der Waals surface area contributed by atoms with Crippen molar-refractivity contribution in [2.24, 2.45) is 5.10 Å². The van der Waals surface area contributed by atoms with Gasteiger partial charge in [-0.1, -0.05) is 35.9 Å². The van der Waals surface area contributed by atoms with Gasteiger partial charge in [0.25, 0.3) is 11.8 Å². The van der Waals surface area contributed by atoms with E-state index in [1.54, 1.807) is 54.8 Å². The maximum atomic E-state index is 13.6. The summed E-state index contributed by atoms with van der Waals surface area (Å²) in [5, 5.41) is 8.27. The molecule has 2 heterocycles. The van der Waals surface area contributed by atoms with Crippen molar-refractivity contribution >= 4 is 28.9 Å². The van der Waals surface area contributed by atoms with E-state index in [-0.39, 0.29) is 30.9 Å². The first kappa shape index (κ1) is 24.6. The van der Waals surface area contributed by atoms with Gasteiger partial charge in [0.15, 0.2) is 0 Å². The number of hydrogen-bond donors (Lipinski definition) is 0. The van der Waals surface area contributed by atoms with E-state index in [9.17, 15) is 9.59 Å². The molecular weight excluding hydrogens is 462 g/mol. The van der Waals surface area contributed by atoms with Gasteiger partial charge in [-0.15, -0.1) is 11.3 Å². The Kier molecular flexibility index (Phi) is 7.94. The molecule has 0 fully saturated rings. The molecule has 1 aromatic heterocycles. The van der Waals surface area contributed by atoms with Gasteiger partial charge >= 0.3 is 0 Å². The predicted molar refractivity (Wildman–Crippen MR) is 137 cm³/mol. The van der Waals surface area contributed by atoms with Crippen molar-refractivity contribution in [3.8, 4) is 5.75 Å². The molecule has 0 spiro atoms. The van der Waals surface area contributed by atoms with Crippen LogP contribution in [0.25, 0.3) is 0 Å². The molecule has 0 bridgehead atoms. The topological polar surface area (TPSA) is 71.4 Å². The first-order valence-electron chi connectivity index (χ1n) is 11.4. The number of benzene rings is 2. The molecule has 2 aromatic carbocycles. The molecule has 1 aliphatic heterocycles. The lowest BCUT2D eigenvalue weighted by Crippen LogP contribution is -2.42. The Labute approximate surface area is 209 Å². The Morgan fingerprint density at radius 1 is 1.09 bits per heavy atom. The summed E-state index contributed by atoms with van der Waals surface area (Å²) >= 11 is 1.60. The lowest BCUT2D eigenvalue weighted by atomic mass is 10.00. The van der Waals surface area contributed by atoms with Crippen molar-refractivity contribution in [3.63, 3.8) is 0 Å². The molecule has 0 saturated carbocycles. The van der Waals surface area contributed by atoms with Crippen molar-refractivity contribution in [2.75, 3.05) is 33.9 Å². The normalized spacial score (nSPS) is 15.1. The number of aryl methyl sites for hydroxylation is 1. The molecule has 35 heavy (non-hydrogen) atoms. The molecule has 0 unspecified atom stereocenters. The second-order valence-corrected chi connectivity index (χ2v) is 9.29. The van der Waals surface area contributed by atoms with Crippen molar-refractivity contribution in [1.29, 1.82) is 0 Å². The average Bonchev–Trinajstić information content (AvgIpc) is 3.57. The smallest absolute Gasteiger partial charge is 0.262 e. The molecule has 7 nitrogen and oxygen atoms in total. The molecule has 4 rings (SSSR count). The minimum Gasteiger partial charge on any atom is -0.497 e. The zero-order valence-electron chi connectivity index (χ0n) is 20.1. The largest absolute Gasteiger partial charge is 0.497 e. The standard InChI is InChI=1S/C27H29N3O4S/c1-19-6-8-20(9-7-19)24-17-23(25-5-4-16-35-25)28-30(24)26(31)18-29(14-15-33-2)27(32)21-10-12-22(34-3)13-11-21/h4-13,16,24H,14-15,17-18H2,1-3H3/t24-/m1/s1. The Balaban J connectivity index is 1.59. The molecule has 2 amide bonds. The van der Waals surface area contributed by atoms with Crippen LogP contribution < -0.4 is 4.74 Å². The van der Waals surface area contributed by atoms with Gasteiger partial charge in [0, 0.05) is 25.6 Å². The lowest BCUT2D eigenvalue weighted by molar-refractivity contribution is -0.133. The fourth-order valence-corrected chi connectivity index (χ4v) is 4.71. The molecule has 0 saturated heterocycles. The van der Waals surface area contributed by atoms with Crippen LogP contribution in [0.1, 0.15) is 38.8 Å². The summed E-state index contributed by atoms with van der Waals surface area (Å²) < 4.78 is 10.4. The summed E-state index contributed by atoms with van der Waals surface area (Å²) in [5.74, 6) is 0.182. The summed E-state index contributed by atoms with van der Waals surface area (Å²) in [5.41, 5.74) is 3.53. The summed E-state index contributed by atoms with van der Waals surface area (Å²) in [6, 6.07) is 18.8. The molecule has 3 aromatic rings. The molecule has 0 radical (unpaired) electrons. The van der Waals surface area contributed by atoms with E-state index in [1.165, 1.54) is 4.90 Å². The summed E-state index contributed by atoms with van der Waals surface area (Å²) in [4.78, 5) is 29.4. The van der Waals surface area contributed by atoms with Crippen LogP contribution in [-0.4, -0.2) is 61.4 Å². The number of thiophene rings is 1. The van der Waals surface area contributed by atoms with Crippen molar-refractivity contribution in [2.45, 2.75) is 19.4 Å². The quantitative estimate of drug-likeness (QED) is 0.441. The number of ether oxygens (including phenoxy) is 2. The molecule has 0 aliphatic carbocycles. The van der Waals surface area contributed by atoms with E-state index < -0.39 is 0 Å². The van der Waals surface area contributed by atoms with Gasteiger partial charge in [-0.05, 0) is 48.2 Å². The van der Waals surface area contributed by atoms with Crippen LogP contribution in [0.15, 0.2) is 71.1 Å². The molecule has 182 valence electrons. The minimum absolute atomic E-state index is 0.0994. The van der Waals surface area contributed by atoms with E-state index in [2.05, 4.69) is 0 Å². The van der Waals surface area contributed by atoms with Crippen LogP contribution in [0.3, 0.4) is 0 Å². The van der Waals surface area contributed by atoms with Crippen molar-refractivity contribution < 1.29 is 19.1 Å². The van der Waals surface area contributed by atoms with Crippen LogP contribution in [0.4, 0.5) is 0 Å². The van der Waals surface area contributed by atoms with E-state index in [1.807, 2.05) is 48.7 Å². The van der Waals surface area contributed by atoms with Gasteiger partial charge in [0.1, 0.15) is 12.3 Å². The number of rotatable bonds is 9. The third-order valence-corrected chi connectivity index (χ3v) is 6.87. The van der Waals surface area contributed by atoms with Gasteiger partial charge in [0.05, 0.1) is 30.3 Å². The van der Waals surface area contributed by atoms with Crippen LogP contribution >= 0.6 is 11.3 Å². The molecule has 0 N–H and O–H groups in total. The number of methoxy groups -OCH3 is 2. The summed E-state index contributed by atoms with van der Waals surface area (Å²) in [6.07, 6.45) is 0.625. The van der Waals surface area contributed by atoms with Gasteiger partial charge < -0.3 is 14.4 Å². The summed E-state index contributed by atoms with van der Waals surface area (Å²) in [6.45, 7) is 2.54. The minimum atomic E-state index is -0.244. The third kappa shape index (κ3) is 5.78. The number of hydrogen-bond acceptors (Lipinski definition) is 6. The van der Waals surface area contributed by atoms with E-state index in [4.69, 9.17) is 14.6 Å². The number of carbonyl (C=O) groups excluding carboxylic acids is 2. The summed E-state index contributed by atoms with van der Waals surface area (Å²) in [7, 11) is 3.15. The molecule has 8 heteroatoms. The van der Waals surface area contributed by atoms with E-state index in [0.29, 0.717) is 24.3 Å². The average molecular weight is 492 g/mol. The highest BCUT2D eigenvalue weighted by molar-refractivity contribution is 7.12. The Hall–Kier alpha value is -3.49. The second-order valence-electron chi connectivity index (χ2n) is 8.34. The molecular formula is C27H29N3O4S. The fourth-order valence-electron chi connectivity index (χ4n) is 3.99. The second kappa shape index (κ2) is 11.3. The van der Waals surface area contributed by atoms with Crippen LogP contribution in [0, 0.1) is 6.92 Å². The monoisotopic (exact) mass is 491 g/mol. The fraction of sp³-hybridized carbons (Fsp3) is 0.296. The zero-order chi connectivity index (χ0) is 24.8. The van der Waals surface area contributed by atoms with Crippen molar-refractivity contribution in [1.82, 2.24) is 9.91 Å². The first-order valence-corrected chi connectivity index (χ1v) is 12.3. The predicted octanol–water partition coefficient (Wildman–Crippen LogP) is 4.53. The lowest BCUT2D eigenvalue weighted by Gasteiger charge is -2.27. The number of amides is 2. The van der Waals surface area contributed by atoms with Gasteiger partial charge in [-0.25, -0.2) is 5.01 Å². The Bertz CT molecular complexity index is 1170. The van der Waals surface area contributed by atoms with Crippen LogP contribution in [0.2, 0.25) is 0 Å². The Morgan fingerprint density at radius 2 is 1.83 bits per heavy atom. The SMILES string of the molecule is COCCN(CC(=O)N1N=C(c2cccs2)C[C@@H]1c1ccc(C)cc1)C(=O)c1ccc(OC)cc1. The highest BCUT2D eigenvalue weighted by Crippen LogP contribution is 2.34. The highest BCUT2D eigenvalue weighted by Gasteiger charge is 2.34. The number of nitrogens with zero attached hydrogens (tertiary/aromatic N) is 3. The molecule has 1 atom stereocenters. The van der Waals surface area contributed by atoms with Crippen LogP contribution in [-0.2, 0) is 9.53 Å². The van der Waals surface area contributed by atoms with Crippen molar-refractivity contribution in [3.05, 3.63) is 87.6 Å². The Morgan fingerprint density at radius 3 is 2.46 bits per heavy atom. The van der Waals surface area contributed by atoms with E-state index >= 15 is 0 Å². The van der Waals surface area contributed by atoms with Gasteiger partial charge in [0.2, 0.25) is 0 Å². The highest BCUT2D eigenvalue weighted by atomic mass is 32.1. The maximum absolute atomic E-state index is 13.6. The zero-order valence-corrected chi connectivity index (χ0v) is 21.0. The first-order chi connectivity index (χ1) is 17.0. The number of hydrazone groups is 1. The number of carbonyl (C=O) groups is 2. The van der Waals surface area contributed by atoms with Gasteiger partial charge in [-0.3, -0.25) is 9.59 Å². The van der Waals surface area contributed by atoms with E-state index in [0.717, 1.165) is 21.7 Å². The van der Waals surface area contributed by atoms with Crippen LogP contribution in [0.5, 0.6) is 5.75 Å². The van der Waals surface area contributed by atoms with Gasteiger partial charge in [-0.2, -0.15) is 5.10 Å². The molecule has 1 aliphatic rings. The maximum Gasteiger partial charge on any atom is 0.262 e.